The lowest BCUT2D eigenvalue weighted by molar-refractivity contribution is -0.142. The second kappa shape index (κ2) is 8.57. The normalized spacial score (nSPS) is 14.0. The fraction of sp³-hybridized carbons (Fsp3) is 0.381. The maximum Gasteiger partial charge on any atom is 0.417 e. The Hall–Kier alpha value is -2.34. The van der Waals surface area contributed by atoms with Gasteiger partial charge >= 0.3 is 12.1 Å². The third kappa shape index (κ3) is 4.89. The van der Waals surface area contributed by atoms with Crippen LogP contribution >= 0.6 is 0 Å². The third-order valence-corrected chi connectivity index (χ3v) is 4.87. The Morgan fingerprint density at radius 3 is 2.26 bits per heavy atom. The van der Waals surface area contributed by atoms with Crippen LogP contribution < -0.4 is 5.73 Å². The van der Waals surface area contributed by atoms with Crippen LogP contribution in [0.1, 0.15) is 49.3 Å². The topological polar surface area (TPSA) is 63.3 Å². The predicted octanol–water partition coefficient (Wildman–Crippen LogP) is 5.44. The summed E-state index contributed by atoms with van der Waals surface area (Å²) in [5, 5.41) is 9.69. The van der Waals surface area contributed by atoms with Crippen molar-refractivity contribution in [3.05, 3.63) is 59.2 Å². The Morgan fingerprint density at radius 2 is 1.78 bits per heavy atom. The molecule has 3 N–H and O–H groups in total. The summed E-state index contributed by atoms with van der Waals surface area (Å²) in [4.78, 5) is 11.9. The first-order valence-electron chi connectivity index (χ1n) is 8.91. The van der Waals surface area contributed by atoms with E-state index < -0.39 is 23.6 Å². The van der Waals surface area contributed by atoms with Gasteiger partial charge in [-0.15, -0.1) is 0 Å². The van der Waals surface area contributed by atoms with Crippen molar-refractivity contribution < 1.29 is 23.1 Å². The second-order valence-electron chi connectivity index (χ2n) is 6.81. The van der Waals surface area contributed by atoms with E-state index in [0.717, 1.165) is 5.56 Å². The minimum absolute atomic E-state index is 0.0195. The van der Waals surface area contributed by atoms with Crippen molar-refractivity contribution in [2.24, 2.45) is 11.7 Å². The monoisotopic (exact) mass is 379 g/mol. The van der Waals surface area contributed by atoms with E-state index in [1.54, 1.807) is 30.3 Å². The van der Waals surface area contributed by atoms with Crippen LogP contribution in [0.2, 0.25) is 0 Å². The molecule has 2 unspecified atom stereocenters. The van der Waals surface area contributed by atoms with E-state index in [-0.39, 0.29) is 30.0 Å². The van der Waals surface area contributed by atoms with Crippen LogP contribution in [0, 0.1) is 5.92 Å². The number of carbonyl (C=O) groups is 1. The molecule has 0 aliphatic rings. The Morgan fingerprint density at radius 1 is 1.15 bits per heavy atom. The highest BCUT2D eigenvalue weighted by molar-refractivity contribution is 5.79. The summed E-state index contributed by atoms with van der Waals surface area (Å²) in [7, 11) is 0. The lowest BCUT2D eigenvalue weighted by atomic mass is 9.82. The van der Waals surface area contributed by atoms with Crippen LogP contribution in [-0.2, 0) is 17.5 Å². The highest BCUT2D eigenvalue weighted by Gasteiger charge is 2.39. The summed E-state index contributed by atoms with van der Waals surface area (Å²) < 4.78 is 41.5. The first kappa shape index (κ1) is 21.0. The highest BCUT2D eigenvalue weighted by atomic mass is 19.4. The molecule has 0 amide bonds. The number of aliphatic carboxylic acids is 1. The maximum atomic E-state index is 13.8. The molecule has 0 fully saturated rings. The summed E-state index contributed by atoms with van der Waals surface area (Å²) >= 11 is 0. The van der Waals surface area contributed by atoms with Gasteiger partial charge in [0.2, 0.25) is 0 Å². The number of halogens is 3. The highest BCUT2D eigenvalue weighted by Crippen LogP contribution is 2.42. The van der Waals surface area contributed by atoms with Crippen LogP contribution in [0.15, 0.2) is 42.5 Å². The molecule has 0 saturated carbocycles. The van der Waals surface area contributed by atoms with Crippen LogP contribution in [0.4, 0.5) is 13.2 Å². The standard InChI is InChI=1S/C21H24F3NO2/c1-3-13(2)9-18(20(26)27)17-11-15(14-7-5-4-6-8-14)10-16(12-25)19(17)21(22,23)24/h4-8,10-11,13,18H,3,9,12,25H2,1-2H3,(H,26,27). The lowest BCUT2D eigenvalue weighted by Crippen LogP contribution is -2.22. The van der Waals surface area contributed by atoms with E-state index in [1.807, 2.05) is 13.8 Å². The Bertz CT molecular complexity index is 788. The largest absolute Gasteiger partial charge is 0.481 e. The van der Waals surface area contributed by atoms with Gasteiger partial charge in [0.1, 0.15) is 0 Å². The maximum absolute atomic E-state index is 13.8. The van der Waals surface area contributed by atoms with Crippen molar-refractivity contribution in [3.8, 4) is 11.1 Å². The molecule has 0 bridgehead atoms. The molecule has 0 heterocycles. The zero-order valence-electron chi connectivity index (χ0n) is 15.4. The van der Waals surface area contributed by atoms with E-state index in [4.69, 9.17) is 5.73 Å². The number of carboxylic acid groups (broad SMARTS) is 1. The second-order valence-corrected chi connectivity index (χ2v) is 6.81. The fourth-order valence-corrected chi connectivity index (χ4v) is 3.24. The zero-order valence-corrected chi connectivity index (χ0v) is 15.4. The van der Waals surface area contributed by atoms with Crippen molar-refractivity contribution in [3.63, 3.8) is 0 Å². The van der Waals surface area contributed by atoms with Crippen LogP contribution in [0.5, 0.6) is 0 Å². The van der Waals surface area contributed by atoms with E-state index >= 15 is 0 Å². The first-order chi connectivity index (χ1) is 12.7. The summed E-state index contributed by atoms with van der Waals surface area (Å²) in [5.41, 5.74) is 5.66. The predicted molar refractivity (Wildman–Crippen MR) is 99.2 cm³/mol. The molecule has 2 aromatic carbocycles. The average Bonchev–Trinajstić information content (AvgIpc) is 2.64. The van der Waals surface area contributed by atoms with Gasteiger partial charge < -0.3 is 10.8 Å². The molecule has 2 atom stereocenters. The summed E-state index contributed by atoms with van der Waals surface area (Å²) in [6.07, 6.45) is -3.85. The van der Waals surface area contributed by atoms with Crippen molar-refractivity contribution in [2.75, 3.05) is 0 Å². The van der Waals surface area contributed by atoms with Crippen LogP contribution in [0.3, 0.4) is 0 Å². The van der Waals surface area contributed by atoms with Gasteiger partial charge in [0, 0.05) is 6.54 Å². The van der Waals surface area contributed by atoms with Gasteiger partial charge in [-0.2, -0.15) is 13.2 Å². The van der Waals surface area contributed by atoms with Gasteiger partial charge in [-0.3, -0.25) is 4.79 Å². The van der Waals surface area contributed by atoms with Crippen molar-refractivity contribution >= 4 is 5.97 Å². The van der Waals surface area contributed by atoms with E-state index in [1.165, 1.54) is 12.1 Å². The van der Waals surface area contributed by atoms with Crippen molar-refractivity contribution in [1.29, 1.82) is 0 Å². The van der Waals surface area contributed by atoms with E-state index in [0.29, 0.717) is 12.0 Å². The number of hydrogen-bond acceptors (Lipinski definition) is 2. The number of rotatable bonds is 7. The first-order valence-corrected chi connectivity index (χ1v) is 8.91. The Kier molecular flexibility index (Phi) is 6.65. The molecule has 0 aliphatic heterocycles. The number of benzene rings is 2. The van der Waals surface area contributed by atoms with Gasteiger partial charge in [-0.1, -0.05) is 50.6 Å². The van der Waals surface area contributed by atoms with Gasteiger partial charge in [0.25, 0.3) is 0 Å². The number of alkyl halides is 3. The molecule has 0 saturated heterocycles. The average molecular weight is 379 g/mol. The molecule has 27 heavy (non-hydrogen) atoms. The molecule has 0 aromatic heterocycles. The number of hydrogen-bond donors (Lipinski definition) is 2. The molecule has 6 heteroatoms. The van der Waals surface area contributed by atoms with Gasteiger partial charge in [-0.05, 0) is 46.7 Å². The summed E-state index contributed by atoms with van der Waals surface area (Å²) in [5.74, 6) is -2.52. The Labute approximate surface area is 157 Å². The quantitative estimate of drug-likeness (QED) is 0.674. The minimum Gasteiger partial charge on any atom is -0.481 e. The molecule has 146 valence electrons. The SMILES string of the molecule is CCC(C)CC(C(=O)O)c1cc(-c2ccccc2)cc(CN)c1C(F)(F)F. The molecular formula is C21H24F3NO2. The fourth-order valence-electron chi connectivity index (χ4n) is 3.24. The number of carboxylic acids is 1. The molecule has 2 rings (SSSR count). The molecule has 0 radical (unpaired) electrons. The summed E-state index contributed by atoms with van der Waals surface area (Å²) in [6, 6.07) is 11.7. The van der Waals surface area contributed by atoms with Gasteiger partial charge in [-0.25, -0.2) is 0 Å². The molecule has 0 aliphatic carbocycles. The van der Waals surface area contributed by atoms with Crippen LogP contribution in [-0.4, -0.2) is 11.1 Å². The van der Waals surface area contributed by atoms with Crippen LogP contribution in [0.25, 0.3) is 11.1 Å². The summed E-state index contributed by atoms with van der Waals surface area (Å²) in [6.45, 7) is 3.41. The van der Waals surface area contributed by atoms with Crippen molar-refractivity contribution in [1.82, 2.24) is 0 Å². The molecule has 2 aromatic rings. The molecule has 3 nitrogen and oxygen atoms in total. The van der Waals surface area contributed by atoms with Crippen molar-refractivity contribution in [2.45, 2.75) is 45.3 Å². The third-order valence-electron chi connectivity index (χ3n) is 4.87. The lowest BCUT2D eigenvalue weighted by Gasteiger charge is -2.24. The number of nitrogens with two attached hydrogens (primary N) is 1. The Balaban J connectivity index is 2.75. The molecular weight excluding hydrogens is 355 g/mol. The van der Waals surface area contributed by atoms with E-state index in [9.17, 15) is 23.1 Å². The smallest absolute Gasteiger partial charge is 0.417 e. The molecule has 0 spiro atoms. The minimum atomic E-state index is -4.68. The van der Waals surface area contributed by atoms with Gasteiger partial charge in [0.05, 0.1) is 11.5 Å². The van der Waals surface area contributed by atoms with E-state index in [2.05, 4.69) is 0 Å². The van der Waals surface area contributed by atoms with Gasteiger partial charge in [0.15, 0.2) is 0 Å². The zero-order chi connectivity index (χ0) is 20.2.